The van der Waals surface area contributed by atoms with Crippen LogP contribution < -0.4 is 0 Å². The van der Waals surface area contributed by atoms with Crippen molar-refractivity contribution < 1.29 is 5.11 Å². The summed E-state index contributed by atoms with van der Waals surface area (Å²) in [6.45, 7) is 8.89. The van der Waals surface area contributed by atoms with Gasteiger partial charge in [0.05, 0.1) is 5.60 Å². The topological polar surface area (TPSA) is 20.2 Å². The van der Waals surface area contributed by atoms with Gasteiger partial charge in [0.2, 0.25) is 0 Å². The van der Waals surface area contributed by atoms with E-state index in [4.69, 9.17) is 0 Å². The van der Waals surface area contributed by atoms with Crippen LogP contribution >= 0.6 is 0 Å². The summed E-state index contributed by atoms with van der Waals surface area (Å²) in [6.07, 6.45) is 4.18. The van der Waals surface area contributed by atoms with E-state index in [9.17, 15) is 5.11 Å². The summed E-state index contributed by atoms with van der Waals surface area (Å²) in [5, 5.41) is 11.2. The summed E-state index contributed by atoms with van der Waals surface area (Å²) in [7, 11) is 0. The molecule has 1 aliphatic rings. The fourth-order valence-electron chi connectivity index (χ4n) is 3.81. The highest BCUT2D eigenvalue weighted by Gasteiger charge is 2.42. The molecule has 3 unspecified atom stereocenters. The van der Waals surface area contributed by atoms with Gasteiger partial charge in [-0.25, -0.2) is 0 Å². The molecule has 0 spiro atoms. The molecule has 1 N–H and O–H groups in total. The van der Waals surface area contributed by atoms with Crippen molar-refractivity contribution in [1.29, 1.82) is 0 Å². The van der Waals surface area contributed by atoms with Crippen LogP contribution in [-0.4, -0.2) is 10.7 Å². The molecule has 0 heterocycles. The van der Waals surface area contributed by atoms with E-state index in [1.165, 1.54) is 24.0 Å². The van der Waals surface area contributed by atoms with Crippen molar-refractivity contribution in [2.75, 3.05) is 0 Å². The number of benzene rings is 1. The lowest BCUT2D eigenvalue weighted by atomic mass is 9.65. The van der Waals surface area contributed by atoms with Crippen molar-refractivity contribution in [2.45, 2.75) is 59.0 Å². The van der Waals surface area contributed by atoms with E-state index in [0.29, 0.717) is 17.8 Å². The highest BCUT2D eigenvalue weighted by atomic mass is 16.3. The predicted molar refractivity (Wildman–Crippen MR) is 81.2 cm³/mol. The Balaban J connectivity index is 2.19. The Hall–Kier alpha value is -0.820. The first-order valence-electron chi connectivity index (χ1n) is 7.68. The van der Waals surface area contributed by atoms with E-state index >= 15 is 0 Å². The van der Waals surface area contributed by atoms with Crippen LogP contribution in [0.2, 0.25) is 0 Å². The second kappa shape index (κ2) is 5.66. The average Bonchev–Trinajstić information content (AvgIpc) is 2.31. The minimum absolute atomic E-state index is 0.435. The van der Waals surface area contributed by atoms with Gasteiger partial charge in [-0.15, -0.1) is 0 Å². The van der Waals surface area contributed by atoms with Crippen molar-refractivity contribution in [1.82, 2.24) is 0 Å². The summed E-state index contributed by atoms with van der Waals surface area (Å²) < 4.78 is 0. The second-order valence-corrected chi connectivity index (χ2v) is 7.00. The maximum Gasteiger partial charge on any atom is 0.0720 e. The third-order valence-corrected chi connectivity index (χ3v) is 4.80. The molecule has 1 nitrogen and oxygen atoms in total. The largest absolute Gasteiger partial charge is 0.389 e. The molecule has 1 saturated carbocycles. The fourth-order valence-corrected chi connectivity index (χ4v) is 3.81. The lowest BCUT2D eigenvalue weighted by molar-refractivity contribution is -0.0795. The quantitative estimate of drug-likeness (QED) is 0.856. The normalized spacial score (nSPS) is 31.7. The van der Waals surface area contributed by atoms with E-state index in [1.807, 2.05) is 0 Å². The molecule has 19 heavy (non-hydrogen) atoms. The van der Waals surface area contributed by atoms with Gasteiger partial charge in [-0.05, 0) is 43.1 Å². The van der Waals surface area contributed by atoms with Crippen LogP contribution in [0.5, 0.6) is 0 Å². The number of aliphatic hydroxyl groups is 1. The average molecular weight is 260 g/mol. The highest BCUT2D eigenvalue weighted by Crippen LogP contribution is 2.42. The molecule has 106 valence electrons. The molecular weight excluding hydrogens is 232 g/mol. The zero-order chi connectivity index (χ0) is 14.0. The number of hydrogen-bond donors (Lipinski definition) is 1. The van der Waals surface area contributed by atoms with Gasteiger partial charge in [0.15, 0.2) is 0 Å². The zero-order valence-corrected chi connectivity index (χ0v) is 12.8. The fraction of sp³-hybridized carbons (Fsp3) is 0.667. The molecule has 0 saturated heterocycles. The van der Waals surface area contributed by atoms with Crippen molar-refractivity contribution >= 4 is 0 Å². The standard InChI is InChI=1S/C18H28O/c1-13(2)17-10-7-15(4)11-18(17,19)12-16-8-5-14(3)6-9-16/h5-6,8-9,13,15,17,19H,7,10-12H2,1-4H3. The minimum atomic E-state index is -0.513. The molecule has 1 fully saturated rings. The Labute approximate surface area is 118 Å². The van der Waals surface area contributed by atoms with E-state index in [0.717, 1.165) is 12.8 Å². The molecule has 0 radical (unpaired) electrons. The van der Waals surface area contributed by atoms with Gasteiger partial charge in [-0.2, -0.15) is 0 Å². The molecule has 2 rings (SSSR count). The number of aryl methyl sites for hydroxylation is 1. The summed E-state index contributed by atoms with van der Waals surface area (Å²) in [6, 6.07) is 8.64. The van der Waals surface area contributed by atoms with E-state index < -0.39 is 5.60 Å². The summed E-state index contributed by atoms with van der Waals surface area (Å²) in [5.74, 6) is 1.64. The van der Waals surface area contributed by atoms with Crippen molar-refractivity contribution in [3.8, 4) is 0 Å². The van der Waals surface area contributed by atoms with Crippen molar-refractivity contribution in [3.63, 3.8) is 0 Å². The third kappa shape index (κ3) is 3.39. The van der Waals surface area contributed by atoms with Crippen LogP contribution in [0.4, 0.5) is 0 Å². The maximum absolute atomic E-state index is 11.2. The van der Waals surface area contributed by atoms with Gasteiger partial charge in [0.25, 0.3) is 0 Å². The molecule has 1 heteroatoms. The first-order valence-corrected chi connectivity index (χ1v) is 7.68. The van der Waals surface area contributed by atoms with E-state index in [2.05, 4.69) is 52.0 Å². The van der Waals surface area contributed by atoms with Gasteiger partial charge in [0.1, 0.15) is 0 Å². The second-order valence-electron chi connectivity index (χ2n) is 7.00. The Bertz CT molecular complexity index is 406. The number of rotatable bonds is 3. The molecule has 0 bridgehead atoms. The van der Waals surface area contributed by atoms with Gasteiger partial charge in [-0.3, -0.25) is 0 Å². The van der Waals surface area contributed by atoms with Crippen molar-refractivity contribution in [2.24, 2.45) is 17.8 Å². The van der Waals surface area contributed by atoms with Crippen LogP contribution in [-0.2, 0) is 6.42 Å². The molecule has 1 aromatic rings. The lowest BCUT2D eigenvalue weighted by Crippen LogP contribution is -2.47. The smallest absolute Gasteiger partial charge is 0.0720 e. The Morgan fingerprint density at radius 3 is 2.42 bits per heavy atom. The van der Waals surface area contributed by atoms with Gasteiger partial charge in [-0.1, -0.05) is 57.0 Å². The number of hydrogen-bond acceptors (Lipinski definition) is 1. The Morgan fingerprint density at radius 2 is 1.84 bits per heavy atom. The summed E-state index contributed by atoms with van der Waals surface area (Å²) in [4.78, 5) is 0. The first-order chi connectivity index (χ1) is 8.90. The van der Waals surface area contributed by atoms with Gasteiger partial charge in [0, 0.05) is 6.42 Å². The Kier molecular flexibility index (Phi) is 4.35. The maximum atomic E-state index is 11.2. The molecule has 0 aromatic heterocycles. The minimum Gasteiger partial charge on any atom is -0.389 e. The predicted octanol–water partition coefficient (Wildman–Crippen LogP) is 4.36. The monoisotopic (exact) mass is 260 g/mol. The molecule has 1 aromatic carbocycles. The van der Waals surface area contributed by atoms with Crippen molar-refractivity contribution in [3.05, 3.63) is 35.4 Å². The van der Waals surface area contributed by atoms with E-state index in [1.54, 1.807) is 0 Å². The molecular formula is C18H28O. The summed E-state index contributed by atoms with van der Waals surface area (Å²) >= 11 is 0. The van der Waals surface area contributed by atoms with Crippen LogP contribution in [0.15, 0.2) is 24.3 Å². The Morgan fingerprint density at radius 1 is 1.21 bits per heavy atom. The molecule has 1 aliphatic carbocycles. The molecule has 0 amide bonds. The van der Waals surface area contributed by atoms with Crippen LogP contribution in [0.1, 0.15) is 51.2 Å². The molecule has 3 atom stereocenters. The third-order valence-electron chi connectivity index (χ3n) is 4.80. The first kappa shape index (κ1) is 14.6. The van der Waals surface area contributed by atoms with E-state index in [-0.39, 0.29) is 0 Å². The SMILES string of the molecule is Cc1ccc(CC2(O)CC(C)CCC2C(C)C)cc1. The summed E-state index contributed by atoms with van der Waals surface area (Å²) in [5.41, 5.74) is 2.04. The van der Waals surface area contributed by atoms with Gasteiger partial charge < -0.3 is 5.11 Å². The van der Waals surface area contributed by atoms with Gasteiger partial charge >= 0.3 is 0 Å². The molecule has 0 aliphatic heterocycles. The van der Waals surface area contributed by atoms with Crippen LogP contribution in [0.3, 0.4) is 0 Å². The lowest BCUT2D eigenvalue weighted by Gasteiger charge is -2.45. The zero-order valence-electron chi connectivity index (χ0n) is 12.8. The van der Waals surface area contributed by atoms with Crippen LogP contribution in [0.25, 0.3) is 0 Å². The highest BCUT2D eigenvalue weighted by molar-refractivity contribution is 5.23. The van der Waals surface area contributed by atoms with Crippen LogP contribution in [0, 0.1) is 24.7 Å².